The Labute approximate surface area is 202 Å². The van der Waals surface area contributed by atoms with Gasteiger partial charge in [0.1, 0.15) is 22.9 Å². The Kier molecular flexibility index (Phi) is 6.49. The fraction of sp³-hybridized carbons (Fsp3) is 0.231. The fourth-order valence-electron chi connectivity index (χ4n) is 3.86. The van der Waals surface area contributed by atoms with Gasteiger partial charge in [0.25, 0.3) is 0 Å². The molecule has 0 bridgehead atoms. The first-order valence-electron chi connectivity index (χ1n) is 11.2. The van der Waals surface area contributed by atoms with Crippen molar-refractivity contribution < 1.29 is 9.53 Å². The van der Waals surface area contributed by atoms with Crippen molar-refractivity contribution in [2.75, 3.05) is 31.6 Å². The van der Waals surface area contributed by atoms with Gasteiger partial charge in [0.15, 0.2) is 0 Å². The predicted molar refractivity (Wildman–Crippen MR) is 134 cm³/mol. The standard InChI is InChI=1S/C26H25N5O2S/c1-33-22-9-7-19(8-10-22)26-30-21(16-34-26)11-12-27-25(32)20-14-31(15-20)24-13-23(28-17-29-24)18-5-3-2-4-6-18/h2-10,13,16-17,20H,11-12,14-15H2,1H3,(H,27,32). The van der Waals surface area contributed by atoms with Crippen LogP contribution in [0.1, 0.15) is 5.69 Å². The van der Waals surface area contributed by atoms with Gasteiger partial charge in [-0.25, -0.2) is 15.0 Å². The highest BCUT2D eigenvalue weighted by Crippen LogP contribution is 2.27. The van der Waals surface area contributed by atoms with Crippen LogP contribution in [0.4, 0.5) is 5.82 Å². The van der Waals surface area contributed by atoms with Gasteiger partial charge in [-0.2, -0.15) is 0 Å². The number of nitrogens with one attached hydrogen (secondary N) is 1. The number of methoxy groups -OCH3 is 1. The first-order valence-corrected chi connectivity index (χ1v) is 12.1. The molecule has 0 spiro atoms. The van der Waals surface area contributed by atoms with E-state index < -0.39 is 0 Å². The number of hydrogen-bond acceptors (Lipinski definition) is 7. The molecule has 1 saturated heterocycles. The lowest BCUT2D eigenvalue weighted by Crippen LogP contribution is -2.54. The van der Waals surface area contributed by atoms with E-state index in [1.165, 1.54) is 0 Å². The number of hydrogen-bond donors (Lipinski definition) is 1. The van der Waals surface area contributed by atoms with Gasteiger partial charge in [0, 0.05) is 48.6 Å². The minimum absolute atomic E-state index is 0.0274. The van der Waals surface area contributed by atoms with Crippen LogP contribution in [0.25, 0.3) is 21.8 Å². The maximum atomic E-state index is 12.6. The molecule has 2 aromatic heterocycles. The second-order valence-corrected chi connectivity index (χ2v) is 9.00. The zero-order valence-corrected chi connectivity index (χ0v) is 19.7. The molecule has 3 heterocycles. The summed E-state index contributed by atoms with van der Waals surface area (Å²) in [5, 5.41) is 6.08. The van der Waals surface area contributed by atoms with Crippen LogP contribution in [-0.2, 0) is 11.2 Å². The number of aromatic nitrogens is 3. The monoisotopic (exact) mass is 471 g/mol. The summed E-state index contributed by atoms with van der Waals surface area (Å²) in [4.78, 5) is 28.1. The van der Waals surface area contributed by atoms with Gasteiger partial charge in [-0.05, 0) is 24.3 Å². The maximum absolute atomic E-state index is 12.6. The highest BCUT2D eigenvalue weighted by atomic mass is 32.1. The summed E-state index contributed by atoms with van der Waals surface area (Å²) in [6.07, 6.45) is 2.29. The van der Waals surface area contributed by atoms with Gasteiger partial charge in [0.05, 0.1) is 24.4 Å². The fourth-order valence-corrected chi connectivity index (χ4v) is 4.72. The van der Waals surface area contributed by atoms with Crippen LogP contribution < -0.4 is 15.0 Å². The molecule has 34 heavy (non-hydrogen) atoms. The summed E-state index contributed by atoms with van der Waals surface area (Å²) in [5.41, 5.74) is 3.99. The zero-order chi connectivity index (χ0) is 23.3. The summed E-state index contributed by atoms with van der Waals surface area (Å²) in [5.74, 6) is 1.74. The predicted octanol–water partition coefficient (Wildman–Crippen LogP) is 4.07. The van der Waals surface area contributed by atoms with E-state index in [4.69, 9.17) is 9.72 Å². The van der Waals surface area contributed by atoms with Gasteiger partial charge in [-0.1, -0.05) is 30.3 Å². The molecular formula is C26H25N5O2S. The van der Waals surface area contributed by atoms with E-state index in [9.17, 15) is 4.79 Å². The quantitative estimate of drug-likeness (QED) is 0.417. The average Bonchev–Trinajstić information content (AvgIpc) is 3.33. The van der Waals surface area contributed by atoms with E-state index in [1.807, 2.05) is 60.7 Å². The SMILES string of the molecule is COc1ccc(-c2nc(CCNC(=O)C3CN(c4cc(-c5ccccc5)ncn4)C3)cs2)cc1. The van der Waals surface area contributed by atoms with Crippen LogP contribution >= 0.6 is 11.3 Å². The molecule has 1 aliphatic rings. The lowest BCUT2D eigenvalue weighted by molar-refractivity contribution is -0.125. The minimum Gasteiger partial charge on any atom is -0.497 e. The Bertz CT molecular complexity index is 1250. The molecule has 4 aromatic rings. The Balaban J connectivity index is 1.09. The van der Waals surface area contributed by atoms with E-state index in [0.717, 1.165) is 39.1 Å². The van der Waals surface area contributed by atoms with Crippen LogP contribution in [0.15, 0.2) is 72.4 Å². The molecule has 5 rings (SSSR count). The van der Waals surface area contributed by atoms with Crippen molar-refractivity contribution in [3.8, 4) is 27.6 Å². The molecule has 0 saturated carbocycles. The highest BCUT2D eigenvalue weighted by molar-refractivity contribution is 7.13. The Morgan fingerprint density at radius 1 is 1.09 bits per heavy atom. The Hall–Kier alpha value is -3.78. The second kappa shape index (κ2) is 10.0. The van der Waals surface area contributed by atoms with E-state index in [1.54, 1.807) is 24.8 Å². The molecule has 8 heteroatoms. The average molecular weight is 472 g/mol. The lowest BCUT2D eigenvalue weighted by atomic mass is 9.99. The molecule has 0 aliphatic carbocycles. The Morgan fingerprint density at radius 2 is 1.88 bits per heavy atom. The molecule has 1 N–H and O–H groups in total. The van der Waals surface area contributed by atoms with Crippen molar-refractivity contribution in [3.05, 3.63) is 78.1 Å². The lowest BCUT2D eigenvalue weighted by Gasteiger charge is -2.39. The molecule has 7 nitrogen and oxygen atoms in total. The van der Waals surface area contributed by atoms with Crippen molar-refractivity contribution in [1.29, 1.82) is 0 Å². The first kappa shape index (κ1) is 22.0. The molecule has 0 unspecified atom stereocenters. The molecular weight excluding hydrogens is 446 g/mol. The van der Waals surface area contributed by atoms with Crippen molar-refractivity contribution >= 4 is 23.1 Å². The summed E-state index contributed by atoms with van der Waals surface area (Å²) < 4.78 is 5.21. The smallest absolute Gasteiger partial charge is 0.226 e. The molecule has 2 aromatic carbocycles. The number of anilines is 1. The van der Waals surface area contributed by atoms with Gasteiger partial charge in [0.2, 0.25) is 5.91 Å². The number of thiazole rings is 1. The topological polar surface area (TPSA) is 80.2 Å². The molecule has 1 fully saturated rings. The van der Waals surface area contributed by atoms with Crippen LogP contribution in [0.3, 0.4) is 0 Å². The third-order valence-electron chi connectivity index (χ3n) is 5.87. The van der Waals surface area contributed by atoms with Gasteiger partial charge < -0.3 is 15.0 Å². The normalized spacial score (nSPS) is 13.4. The third-order valence-corrected chi connectivity index (χ3v) is 6.81. The van der Waals surface area contributed by atoms with Crippen molar-refractivity contribution in [1.82, 2.24) is 20.3 Å². The maximum Gasteiger partial charge on any atom is 0.226 e. The van der Waals surface area contributed by atoms with Crippen molar-refractivity contribution in [3.63, 3.8) is 0 Å². The summed E-state index contributed by atoms with van der Waals surface area (Å²) in [6.45, 7) is 1.90. The van der Waals surface area contributed by atoms with Gasteiger partial charge in [-0.3, -0.25) is 4.79 Å². The number of carbonyl (C=O) groups is 1. The van der Waals surface area contributed by atoms with E-state index in [2.05, 4.69) is 25.6 Å². The number of rotatable bonds is 8. The van der Waals surface area contributed by atoms with E-state index in [-0.39, 0.29) is 11.8 Å². The van der Waals surface area contributed by atoms with Crippen LogP contribution in [0.2, 0.25) is 0 Å². The largest absolute Gasteiger partial charge is 0.497 e. The zero-order valence-electron chi connectivity index (χ0n) is 18.8. The van der Waals surface area contributed by atoms with Gasteiger partial charge in [-0.15, -0.1) is 11.3 Å². The molecule has 172 valence electrons. The van der Waals surface area contributed by atoms with E-state index in [0.29, 0.717) is 26.1 Å². The summed E-state index contributed by atoms with van der Waals surface area (Å²) >= 11 is 1.61. The van der Waals surface area contributed by atoms with Crippen molar-refractivity contribution in [2.24, 2.45) is 5.92 Å². The van der Waals surface area contributed by atoms with Crippen molar-refractivity contribution in [2.45, 2.75) is 6.42 Å². The van der Waals surface area contributed by atoms with Crippen LogP contribution in [0.5, 0.6) is 5.75 Å². The molecule has 0 radical (unpaired) electrons. The first-order chi connectivity index (χ1) is 16.7. The number of amides is 1. The highest BCUT2D eigenvalue weighted by Gasteiger charge is 2.33. The molecule has 1 amide bonds. The molecule has 0 atom stereocenters. The number of nitrogens with zero attached hydrogens (tertiary/aromatic N) is 4. The minimum atomic E-state index is -0.0274. The number of carbonyl (C=O) groups excluding carboxylic acids is 1. The number of benzene rings is 2. The molecule has 1 aliphatic heterocycles. The third kappa shape index (κ3) is 4.92. The van der Waals surface area contributed by atoms with Gasteiger partial charge >= 0.3 is 0 Å². The second-order valence-electron chi connectivity index (χ2n) is 8.14. The summed E-state index contributed by atoms with van der Waals surface area (Å²) in [7, 11) is 1.66. The number of ether oxygens (including phenoxy) is 1. The Morgan fingerprint density at radius 3 is 2.65 bits per heavy atom. The summed E-state index contributed by atoms with van der Waals surface area (Å²) in [6, 6.07) is 19.9. The van der Waals surface area contributed by atoms with Crippen LogP contribution in [-0.4, -0.2) is 47.6 Å². The van der Waals surface area contributed by atoms with E-state index >= 15 is 0 Å². The van der Waals surface area contributed by atoms with Crippen LogP contribution in [0, 0.1) is 5.92 Å².